The number of halogens is 1. The first-order valence-corrected chi connectivity index (χ1v) is 7.95. The summed E-state index contributed by atoms with van der Waals surface area (Å²) >= 11 is 5.74. The van der Waals surface area contributed by atoms with Crippen LogP contribution in [0.1, 0.15) is 38.1 Å². The van der Waals surface area contributed by atoms with Crippen LogP contribution in [0.25, 0.3) is 0 Å². The quantitative estimate of drug-likeness (QED) is 0.627. The molecule has 8 heteroatoms. The van der Waals surface area contributed by atoms with Gasteiger partial charge in [-0.3, -0.25) is 19.7 Å². The number of likely N-dealkylation sites (N-methyl/N-ethyl adjacent to an activating group) is 1. The zero-order chi connectivity index (χ0) is 18.6. The van der Waals surface area contributed by atoms with E-state index in [2.05, 4.69) is 5.32 Å². The summed E-state index contributed by atoms with van der Waals surface area (Å²) < 4.78 is 0. The van der Waals surface area contributed by atoms with Crippen LogP contribution < -0.4 is 5.32 Å². The van der Waals surface area contributed by atoms with Crippen LogP contribution in [0.4, 0.5) is 5.69 Å². The second kappa shape index (κ2) is 8.10. The minimum absolute atomic E-state index is 0.00716. The van der Waals surface area contributed by atoms with Gasteiger partial charge in [0.1, 0.15) is 11.1 Å². The minimum Gasteiger partial charge on any atom is -0.342 e. The number of hydrogen-bond donors (Lipinski definition) is 1. The van der Waals surface area contributed by atoms with Gasteiger partial charge in [-0.15, -0.1) is 0 Å². The van der Waals surface area contributed by atoms with E-state index in [9.17, 15) is 19.7 Å². The highest BCUT2D eigenvalue weighted by Crippen LogP contribution is 2.25. The third-order valence-electron chi connectivity index (χ3n) is 3.75. The molecule has 132 valence electrons. The van der Waals surface area contributed by atoms with Crippen LogP contribution in [0.2, 0.25) is 5.02 Å². The Balaban J connectivity index is 3.04. The number of amides is 2. The molecular weight excluding hydrogens is 334 g/mol. The van der Waals surface area contributed by atoms with Crippen molar-refractivity contribution in [3.8, 4) is 0 Å². The van der Waals surface area contributed by atoms with E-state index in [1.54, 1.807) is 11.9 Å². The Morgan fingerprint density at radius 2 is 1.83 bits per heavy atom. The third kappa shape index (κ3) is 4.67. The number of benzene rings is 1. The number of rotatable bonds is 6. The van der Waals surface area contributed by atoms with Crippen molar-refractivity contribution < 1.29 is 14.5 Å². The zero-order valence-corrected chi connectivity index (χ0v) is 15.1. The number of nitro benzene ring substituents is 1. The average Bonchev–Trinajstić information content (AvgIpc) is 2.50. The van der Waals surface area contributed by atoms with Crippen molar-refractivity contribution in [2.24, 2.45) is 5.92 Å². The Kier molecular flexibility index (Phi) is 6.71. The molecule has 1 aromatic rings. The van der Waals surface area contributed by atoms with Crippen LogP contribution in [0.15, 0.2) is 18.2 Å². The highest BCUT2D eigenvalue weighted by molar-refractivity contribution is 6.32. The normalized spacial score (nSPS) is 12.2. The van der Waals surface area contributed by atoms with E-state index in [1.807, 2.05) is 27.7 Å². The van der Waals surface area contributed by atoms with Crippen molar-refractivity contribution in [1.82, 2.24) is 10.2 Å². The summed E-state index contributed by atoms with van der Waals surface area (Å²) in [5.74, 6) is -0.902. The van der Waals surface area contributed by atoms with Gasteiger partial charge in [-0.25, -0.2) is 0 Å². The predicted octanol–water partition coefficient (Wildman–Crippen LogP) is 2.87. The summed E-state index contributed by atoms with van der Waals surface area (Å²) in [4.78, 5) is 36.7. The molecule has 2 amide bonds. The molecule has 0 spiro atoms. The predicted molar refractivity (Wildman–Crippen MR) is 92.1 cm³/mol. The molecule has 0 radical (unpaired) electrons. The number of nitrogens with one attached hydrogen (secondary N) is 1. The smallest absolute Gasteiger partial charge is 0.288 e. The highest BCUT2D eigenvalue weighted by Gasteiger charge is 2.29. The van der Waals surface area contributed by atoms with Gasteiger partial charge in [0.25, 0.3) is 11.6 Å². The molecular formula is C16H22ClN3O4. The van der Waals surface area contributed by atoms with E-state index in [0.717, 1.165) is 6.07 Å². The largest absolute Gasteiger partial charge is 0.342 e. The van der Waals surface area contributed by atoms with Crippen LogP contribution >= 0.6 is 11.6 Å². The van der Waals surface area contributed by atoms with E-state index in [1.165, 1.54) is 12.1 Å². The van der Waals surface area contributed by atoms with Gasteiger partial charge < -0.3 is 10.2 Å². The van der Waals surface area contributed by atoms with E-state index >= 15 is 0 Å². The molecule has 0 saturated heterocycles. The van der Waals surface area contributed by atoms with Crippen molar-refractivity contribution in [3.05, 3.63) is 38.9 Å². The highest BCUT2D eigenvalue weighted by atomic mass is 35.5. The van der Waals surface area contributed by atoms with E-state index in [0.29, 0.717) is 0 Å². The molecule has 0 bridgehead atoms. The monoisotopic (exact) mass is 355 g/mol. The van der Waals surface area contributed by atoms with E-state index in [-0.39, 0.29) is 34.1 Å². The molecule has 0 heterocycles. The zero-order valence-electron chi connectivity index (χ0n) is 14.4. The van der Waals surface area contributed by atoms with Crippen molar-refractivity contribution in [3.63, 3.8) is 0 Å². The molecule has 1 N–H and O–H groups in total. The van der Waals surface area contributed by atoms with Crippen LogP contribution in [0, 0.1) is 16.0 Å². The number of carbonyl (C=O) groups excluding carboxylic acids is 2. The summed E-state index contributed by atoms with van der Waals surface area (Å²) in [6.07, 6.45) is 0. The molecule has 0 fully saturated rings. The second-order valence-corrected chi connectivity index (χ2v) is 6.57. The van der Waals surface area contributed by atoms with Gasteiger partial charge in [-0.1, -0.05) is 25.4 Å². The molecule has 0 saturated carbocycles. The van der Waals surface area contributed by atoms with Crippen molar-refractivity contribution in [1.29, 1.82) is 0 Å². The van der Waals surface area contributed by atoms with Crippen molar-refractivity contribution in [2.45, 2.75) is 39.8 Å². The molecule has 1 rings (SSSR count). The molecule has 1 atom stereocenters. The molecule has 1 unspecified atom stereocenters. The van der Waals surface area contributed by atoms with E-state index in [4.69, 9.17) is 11.6 Å². The molecule has 1 aromatic carbocycles. The van der Waals surface area contributed by atoms with E-state index < -0.39 is 16.9 Å². The Morgan fingerprint density at radius 1 is 1.25 bits per heavy atom. The summed E-state index contributed by atoms with van der Waals surface area (Å²) in [5, 5.41) is 13.5. The number of hydrogen-bond acceptors (Lipinski definition) is 4. The Hall–Kier alpha value is -2.15. The first-order valence-electron chi connectivity index (χ1n) is 7.57. The summed E-state index contributed by atoms with van der Waals surface area (Å²) in [5.41, 5.74) is -0.271. The van der Waals surface area contributed by atoms with Gasteiger partial charge in [0.15, 0.2) is 0 Å². The number of nitrogens with zero attached hydrogens (tertiary/aromatic N) is 2. The molecule has 24 heavy (non-hydrogen) atoms. The van der Waals surface area contributed by atoms with Gasteiger partial charge >= 0.3 is 0 Å². The molecule has 0 aliphatic heterocycles. The first kappa shape index (κ1) is 19.9. The Morgan fingerprint density at radius 3 is 2.29 bits per heavy atom. The SMILES string of the molecule is CC(C)C(NC(=O)c1ccc(Cl)c([N+](=O)[O-])c1)C(=O)N(C)C(C)C. The maximum absolute atomic E-state index is 12.5. The summed E-state index contributed by atoms with van der Waals surface area (Å²) in [7, 11) is 1.67. The lowest BCUT2D eigenvalue weighted by Gasteiger charge is -2.29. The molecule has 0 aliphatic rings. The molecule has 0 aromatic heterocycles. The van der Waals surface area contributed by atoms with Gasteiger partial charge in [-0.05, 0) is 31.9 Å². The van der Waals surface area contributed by atoms with Crippen LogP contribution in [-0.2, 0) is 4.79 Å². The van der Waals surface area contributed by atoms with Crippen molar-refractivity contribution >= 4 is 29.1 Å². The average molecular weight is 356 g/mol. The van der Waals surface area contributed by atoms with Gasteiger partial charge in [0, 0.05) is 24.7 Å². The van der Waals surface area contributed by atoms with Crippen molar-refractivity contribution in [2.75, 3.05) is 7.05 Å². The maximum atomic E-state index is 12.5. The standard InChI is InChI=1S/C16H22ClN3O4/c1-9(2)14(16(22)19(5)10(3)4)18-15(21)11-6-7-12(17)13(8-11)20(23)24/h6-10,14H,1-5H3,(H,18,21). The molecule has 7 nitrogen and oxygen atoms in total. The lowest BCUT2D eigenvalue weighted by Crippen LogP contribution is -2.51. The second-order valence-electron chi connectivity index (χ2n) is 6.16. The Labute approximate surface area is 146 Å². The van der Waals surface area contributed by atoms with Gasteiger partial charge in [0.2, 0.25) is 5.91 Å². The van der Waals surface area contributed by atoms with Gasteiger partial charge in [-0.2, -0.15) is 0 Å². The summed E-state index contributed by atoms with van der Waals surface area (Å²) in [6.45, 7) is 7.39. The lowest BCUT2D eigenvalue weighted by atomic mass is 10.0. The molecule has 0 aliphatic carbocycles. The van der Waals surface area contributed by atoms with Crippen LogP contribution in [-0.4, -0.2) is 40.8 Å². The lowest BCUT2D eigenvalue weighted by molar-refractivity contribution is -0.384. The fourth-order valence-corrected chi connectivity index (χ4v) is 2.19. The maximum Gasteiger partial charge on any atom is 0.288 e. The third-order valence-corrected chi connectivity index (χ3v) is 4.07. The fourth-order valence-electron chi connectivity index (χ4n) is 2.01. The van der Waals surface area contributed by atoms with Gasteiger partial charge in [0.05, 0.1) is 4.92 Å². The Bertz CT molecular complexity index is 646. The first-order chi connectivity index (χ1) is 11.1. The van der Waals surface area contributed by atoms with Crippen LogP contribution in [0.3, 0.4) is 0 Å². The minimum atomic E-state index is -0.723. The number of carbonyl (C=O) groups is 2. The summed E-state index contributed by atoms with van der Waals surface area (Å²) in [6, 6.07) is 3.05. The van der Waals surface area contributed by atoms with Crippen LogP contribution in [0.5, 0.6) is 0 Å². The fraction of sp³-hybridized carbons (Fsp3) is 0.500. The number of nitro groups is 1. The topological polar surface area (TPSA) is 92.5 Å².